The summed E-state index contributed by atoms with van der Waals surface area (Å²) in [5.74, 6) is -0.706. The number of rotatable bonds is 5. The molecule has 2 aliphatic heterocycles. The fourth-order valence-electron chi connectivity index (χ4n) is 4.56. The summed E-state index contributed by atoms with van der Waals surface area (Å²) in [6.45, 7) is 5.27. The summed E-state index contributed by atoms with van der Waals surface area (Å²) in [5, 5.41) is 15.0. The molecule has 3 fully saturated rings. The van der Waals surface area contributed by atoms with E-state index in [0.29, 0.717) is 13.0 Å². The molecule has 28 heavy (non-hydrogen) atoms. The summed E-state index contributed by atoms with van der Waals surface area (Å²) in [6, 6.07) is -0.120. The fraction of sp³-hybridized carbons (Fsp3) is 0.833. The molecule has 1 saturated carbocycles. The first kappa shape index (κ1) is 20.8. The molecule has 10 nitrogen and oxygen atoms in total. The predicted octanol–water partition coefficient (Wildman–Crippen LogP) is 0.0305. The minimum atomic E-state index is -1.37. The summed E-state index contributed by atoms with van der Waals surface area (Å²) in [4.78, 5) is 35.6. The second kappa shape index (κ2) is 7.84. The quantitative estimate of drug-likeness (QED) is 0.551. The standard InChI is InChI=1S/C18H28N2O8/c1-17(2)4-10(20-14(22)12-7-26-16(24)28-12)5-18(3,8-17)9-19-13(21)11-6-25-15(23)27-11/h10-12,15,23H,4-9H2,1-3H3,(H,19,21)(H,20,22). The first-order valence-electron chi connectivity index (χ1n) is 9.42. The molecule has 0 aromatic carbocycles. The molecule has 3 N–H and O–H groups in total. The van der Waals surface area contributed by atoms with Crippen molar-refractivity contribution in [2.24, 2.45) is 10.8 Å². The Labute approximate surface area is 163 Å². The third-order valence-electron chi connectivity index (χ3n) is 5.33. The summed E-state index contributed by atoms with van der Waals surface area (Å²) < 4.78 is 19.3. The van der Waals surface area contributed by atoms with Crippen LogP contribution in [-0.2, 0) is 28.5 Å². The molecule has 3 aliphatic rings. The molecule has 1 aliphatic carbocycles. The molecule has 2 amide bonds. The van der Waals surface area contributed by atoms with Crippen LogP contribution in [0.4, 0.5) is 4.79 Å². The van der Waals surface area contributed by atoms with Gasteiger partial charge in [-0.15, -0.1) is 0 Å². The van der Waals surface area contributed by atoms with Crippen LogP contribution in [0.3, 0.4) is 0 Å². The molecule has 0 spiro atoms. The summed E-state index contributed by atoms with van der Waals surface area (Å²) in [5.41, 5.74) is -0.308. The van der Waals surface area contributed by atoms with Crippen LogP contribution < -0.4 is 10.6 Å². The third-order valence-corrected chi connectivity index (χ3v) is 5.33. The summed E-state index contributed by atoms with van der Waals surface area (Å²) >= 11 is 0. The highest BCUT2D eigenvalue weighted by Gasteiger charge is 2.43. The van der Waals surface area contributed by atoms with Crippen LogP contribution in [0.5, 0.6) is 0 Å². The Morgan fingerprint density at radius 1 is 1.14 bits per heavy atom. The third kappa shape index (κ3) is 5.12. The largest absolute Gasteiger partial charge is 0.509 e. The van der Waals surface area contributed by atoms with E-state index in [2.05, 4.69) is 36.1 Å². The Morgan fingerprint density at radius 2 is 1.89 bits per heavy atom. The zero-order valence-corrected chi connectivity index (χ0v) is 16.4. The molecule has 2 saturated heterocycles. The monoisotopic (exact) mass is 400 g/mol. The first-order valence-corrected chi connectivity index (χ1v) is 9.42. The van der Waals surface area contributed by atoms with Gasteiger partial charge in [0.25, 0.3) is 18.3 Å². The number of aliphatic hydroxyl groups is 1. The van der Waals surface area contributed by atoms with E-state index >= 15 is 0 Å². The van der Waals surface area contributed by atoms with Gasteiger partial charge in [0.1, 0.15) is 6.61 Å². The molecule has 158 valence electrons. The normalized spacial score (nSPS) is 37.1. The zero-order chi connectivity index (χ0) is 20.5. The lowest BCUT2D eigenvalue weighted by molar-refractivity contribution is -0.205. The highest BCUT2D eigenvalue weighted by molar-refractivity contribution is 5.84. The minimum absolute atomic E-state index is 0.00999. The van der Waals surface area contributed by atoms with E-state index in [1.54, 1.807) is 0 Å². The van der Waals surface area contributed by atoms with E-state index in [9.17, 15) is 19.5 Å². The van der Waals surface area contributed by atoms with E-state index in [1.165, 1.54) is 0 Å². The number of hydrogen-bond acceptors (Lipinski definition) is 8. The van der Waals surface area contributed by atoms with Crippen molar-refractivity contribution in [3.8, 4) is 0 Å². The Hall–Kier alpha value is -1.91. The van der Waals surface area contributed by atoms with Crippen LogP contribution in [0, 0.1) is 10.8 Å². The smallest absolute Gasteiger partial charge is 0.430 e. The van der Waals surface area contributed by atoms with Crippen molar-refractivity contribution in [1.29, 1.82) is 0 Å². The van der Waals surface area contributed by atoms with Crippen molar-refractivity contribution in [3.05, 3.63) is 0 Å². The maximum Gasteiger partial charge on any atom is 0.509 e. The highest BCUT2D eigenvalue weighted by atomic mass is 16.8. The fourth-order valence-corrected chi connectivity index (χ4v) is 4.56. The number of ether oxygens (including phenoxy) is 4. The summed E-state index contributed by atoms with van der Waals surface area (Å²) in [7, 11) is 0. The van der Waals surface area contributed by atoms with Crippen molar-refractivity contribution in [2.75, 3.05) is 19.8 Å². The van der Waals surface area contributed by atoms with Crippen molar-refractivity contribution in [1.82, 2.24) is 10.6 Å². The van der Waals surface area contributed by atoms with Gasteiger partial charge in [-0.2, -0.15) is 0 Å². The second-order valence-corrected chi connectivity index (χ2v) is 8.92. The van der Waals surface area contributed by atoms with E-state index in [-0.39, 0.29) is 41.9 Å². The molecular formula is C18H28N2O8. The molecular weight excluding hydrogens is 372 g/mol. The average molecular weight is 400 g/mol. The van der Waals surface area contributed by atoms with Crippen molar-refractivity contribution in [2.45, 2.75) is 64.8 Å². The van der Waals surface area contributed by atoms with Crippen molar-refractivity contribution < 1.29 is 38.4 Å². The van der Waals surface area contributed by atoms with Gasteiger partial charge >= 0.3 is 6.16 Å². The van der Waals surface area contributed by atoms with Crippen molar-refractivity contribution >= 4 is 18.0 Å². The van der Waals surface area contributed by atoms with Gasteiger partial charge in [-0.3, -0.25) is 9.59 Å². The number of hydrogen-bond donors (Lipinski definition) is 3. The van der Waals surface area contributed by atoms with Gasteiger partial charge in [0.15, 0.2) is 6.10 Å². The number of carbonyl (C=O) groups is 3. The van der Waals surface area contributed by atoms with Gasteiger partial charge in [-0.1, -0.05) is 20.8 Å². The number of aliphatic hydroxyl groups excluding tert-OH is 1. The number of cyclic esters (lactones) is 2. The second-order valence-electron chi connectivity index (χ2n) is 8.92. The van der Waals surface area contributed by atoms with Crippen LogP contribution in [0.2, 0.25) is 0 Å². The first-order chi connectivity index (χ1) is 13.1. The highest BCUT2D eigenvalue weighted by Crippen LogP contribution is 2.45. The molecule has 0 aromatic rings. The SMILES string of the molecule is CC1(C)CC(NC(=O)C2COC(=O)O2)CC(C)(CNC(=O)C2COC(O)O2)C1. The Bertz CT molecular complexity index is 639. The number of amides is 2. The molecule has 5 unspecified atom stereocenters. The van der Waals surface area contributed by atoms with Gasteiger partial charge in [0, 0.05) is 12.6 Å². The zero-order valence-electron chi connectivity index (χ0n) is 16.4. The van der Waals surface area contributed by atoms with E-state index in [1.807, 2.05) is 0 Å². The van der Waals surface area contributed by atoms with E-state index < -0.39 is 24.8 Å². The predicted molar refractivity (Wildman–Crippen MR) is 93.7 cm³/mol. The lowest BCUT2D eigenvalue weighted by atomic mass is 9.62. The Kier molecular flexibility index (Phi) is 5.83. The molecule has 0 radical (unpaired) electrons. The van der Waals surface area contributed by atoms with Crippen LogP contribution >= 0.6 is 0 Å². The van der Waals surface area contributed by atoms with Crippen LogP contribution in [0.15, 0.2) is 0 Å². The van der Waals surface area contributed by atoms with Gasteiger partial charge in [0.2, 0.25) is 6.10 Å². The van der Waals surface area contributed by atoms with Gasteiger partial charge in [-0.25, -0.2) is 4.79 Å². The molecule has 0 aromatic heterocycles. The molecule has 0 bridgehead atoms. The average Bonchev–Trinajstić information content (AvgIpc) is 3.19. The lowest BCUT2D eigenvalue weighted by Gasteiger charge is -2.47. The molecule has 3 rings (SSSR count). The Balaban J connectivity index is 1.56. The maximum absolute atomic E-state index is 12.4. The Morgan fingerprint density at radius 3 is 2.50 bits per heavy atom. The van der Waals surface area contributed by atoms with E-state index in [4.69, 9.17) is 14.2 Å². The number of carbonyl (C=O) groups excluding carboxylic acids is 3. The van der Waals surface area contributed by atoms with E-state index in [0.717, 1.165) is 12.8 Å². The topological polar surface area (TPSA) is 132 Å². The molecule has 5 atom stereocenters. The van der Waals surface area contributed by atoms with Crippen molar-refractivity contribution in [3.63, 3.8) is 0 Å². The van der Waals surface area contributed by atoms with Gasteiger partial charge < -0.3 is 34.7 Å². The maximum atomic E-state index is 12.4. The lowest BCUT2D eigenvalue weighted by Crippen LogP contribution is -2.53. The summed E-state index contributed by atoms with van der Waals surface area (Å²) in [6.07, 6.45) is -0.291. The molecule has 2 heterocycles. The van der Waals surface area contributed by atoms with Gasteiger partial charge in [-0.05, 0) is 30.1 Å². The van der Waals surface area contributed by atoms with Crippen LogP contribution in [0.25, 0.3) is 0 Å². The minimum Gasteiger partial charge on any atom is -0.430 e. The van der Waals surface area contributed by atoms with Crippen LogP contribution in [0.1, 0.15) is 40.0 Å². The van der Waals surface area contributed by atoms with Crippen LogP contribution in [-0.4, -0.2) is 67.6 Å². The van der Waals surface area contributed by atoms with Gasteiger partial charge in [0.05, 0.1) is 6.61 Å². The number of nitrogens with one attached hydrogen (secondary N) is 2. The molecule has 10 heteroatoms.